The molecule has 2 nitrogen and oxygen atoms in total. The predicted octanol–water partition coefficient (Wildman–Crippen LogP) is 5.55. The fourth-order valence-corrected chi connectivity index (χ4v) is 2.52. The minimum atomic E-state index is 0.602. The van der Waals surface area contributed by atoms with Gasteiger partial charge in [-0.25, -0.2) is 4.98 Å². The van der Waals surface area contributed by atoms with Crippen LogP contribution in [0.4, 0.5) is 0 Å². The van der Waals surface area contributed by atoms with E-state index in [-0.39, 0.29) is 0 Å². The van der Waals surface area contributed by atoms with Crippen LogP contribution in [0.15, 0.2) is 54.7 Å². The van der Waals surface area contributed by atoms with Crippen molar-refractivity contribution in [3.63, 3.8) is 0 Å². The van der Waals surface area contributed by atoms with Crippen molar-refractivity contribution in [2.24, 2.45) is 0 Å². The normalized spacial score (nSPS) is 11.1. The fraction of sp³-hybridized carbons (Fsp3) is 0. The summed E-state index contributed by atoms with van der Waals surface area (Å²) in [5.41, 5.74) is 2.87. The van der Waals surface area contributed by atoms with Crippen LogP contribution in [0.3, 0.4) is 0 Å². The standard InChI is InChI=1S/C17H12Cl2N2/c18-13-7-8-14(15(19)10-13)16-11-20-17(21-16)9-6-12-4-2-1-3-5-12/h1-11H,(H,20,21)/b9-6+. The van der Waals surface area contributed by atoms with Gasteiger partial charge in [-0.1, -0.05) is 59.6 Å². The second-order valence-corrected chi connectivity index (χ2v) is 5.39. The molecule has 21 heavy (non-hydrogen) atoms. The zero-order valence-corrected chi connectivity index (χ0v) is 12.6. The van der Waals surface area contributed by atoms with Crippen LogP contribution in [-0.2, 0) is 0 Å². The number of H-pyrrole nitrogens is 1. The van der Waals surface area contributed by atoms with E-state index >= 15 is 0 Å². The molecule has 0 spiro atoms. The van der Waals surface area contributed by atoms with Crippen molar-refractivity contribution in [2.75, 3.05) is 0 Å². The van der Waals surface area contributed by atoms with Crippen molar-refractivity contribution >= 4 is 35.4 Å². The first-order chi connectivity index (χ1) is 10.2. The lowest BCUT2D eigenvalue weighted by Gasteiger charge is -2.01. The smallest absolute Gasteiger partial charge is 0.130 e. The van der Waals surface area contributed by atoms with Crippen LogP contribution in [0.2, 0.25) is 10.0 Å². The third kappa shape index (κ3) is 3.35. The van der Waals surface area contributed by atoms with Crippen LogP contribution in [0.1, 0.15) is 11.4 Å². The molecule has 0 saturated carbocycles. The number of rotatable bonds is 3. The number of hydrogen-bond donors (Lipinski definition) is 1. The lowest BCUT2D eigenvalue weighted by Crippen LogP contribution is -1.80. The Morgan fingerprint density at radius 1 is 0.952 bits per heavy atom. The van der Waals surface area contributed by atoms with E-state index in [2.05, 4.69) is 9.97 Å². The molecule has 0 atom stereocenters. The molecule has 3 rings (SSSR count). The van der Waals surface area contributed by atoms with Gasteiger partial charge in [-0.2, -0.15) is 0 Å². The molecule has 0 bridgehead atoms. The van der Waals surface area contributed by atoms with Crippen LogP contribution >= 0.6 is 23.2 Å². The summed E-state index contributed by atoms with van der Waals surface area (Å²) in [6, 6.07) is 15.5. The first kappa shape index (κ1) is 13.9. The number of nitrogens with one attached hydrogen (secondary N) is 1. The van der Waals surface area contributed by atoms with Crippen molar-refractivity contribution in [3.05, 3.63) is 76.2 Å². The Bertz CT molecular complexity index is 776. The number of halogens is 2. The quantitative estimate of drug-likeness (QED) is 0.674. The highest BCUT2D eigenvalue weighted by Crippen LogP contribution is 2.29. The van der Waals surface area contributed by atoms with Gasteiger partial charge < -0.3 is 4.98 Å². The fourth-order valence-electron chi connectivity index (χ4n) is 2.01. The van der Waals surface area contributed by atoms with E-state index in [1.54, 1.807) is 12.3 Å². The molecule has 0 radical (unpaired) electrons. The van der Waals surface area contributed by atoms with E-state index in [0.717, 1.165) is 22.6 Å². The molecule has 3 aromatic rings. The monoisotopic (exact) mass is 314 g/mol. The number of benzene rings is 2. The van der Waals surface area contributed by atoms with Gasteiger partial charge in [0, 0.05) is 10.6 Å². The second kappa shape index (κ2) is 6.17. The van der Waals surface area contributed by atoms with E-state index in [1.807, 2.05) is 54.6 Å². The summed E-state index contributed by atoms with van der Waals surface area (Å²) >= 11 is 12.1. The van der Waals surface area contributed by atoms with Gasteiger partial charge in [0.25, 0.3) is 0 Å². The van der Waals surface area contributed by atoms with Crippen molar-refractivity contribution in [1.29, 1.82) is 0 Å². The van der Waals surface area contributed by atoms with Gasteiger partial charge in [0.2, 0.25) is 0 Å². The highest BCUT2D eigenvalue weighted by Gasteiger charge is 2.06. The maximum absolute atomic E-state index is 6.20. The molecule has 1 N–H and O–H groups in total. The molecular formula is C17H12Cl2N2. The summed E-state index contributed by atoms with van der Waals surface area (Å²) in [5.74, 6) is 0.778. The topological polar surface area (TPSA) is 28.7 Å². The predicted molar refractivity (Wildman–Crippen MR) is 89.4 cm³/mol. The number of hydrogen-bond acceptors (Lipinski definition) is 1. The van der Waals surface area contributed by atoms with Crippen molar-refractivity contribution in [2.45, 2.75) is 0 Å². The zero-order valence-electron chi connectivity index (χ0n) is 11.1. The van der Waals surface area contributed by atoms with E-state index in [0.29, 0.717) is 10.0 Å². The van der Waals surface area contributed by atoms with Gasteiger partial charge in [0.05, 0.1) is 16.9 Å². The van der Waals surface area contributed by atoms with Gasteiger partial charge in [-0.05, 0) is 29.8 Å². The van der Waals surface area contributed by atoms with Crippen molar-refractivity contribution < 1.29 is 0 Å². The third-order valence-corrected chi connectivity index (χ3v) is 3.60. The lowest BCUT2D eigenvalue weighted by molar-refractivity contribution is 1.27. The molecule has 0 saturated heterocycles. The Morgan fingerprint density at radius 3 is 2.52 bits per heavy atom. The maximum atomic E-state index is 6.20. The minimum absolute atomic E-state index is 0.602. The van der Waals surface area contributed by atoms with E-state index in [4.69, 9.17) is 23.2 Å². The van der Waals surface area contributed by atoms with Crippen LogP contribution in [0.25, 0.3) is 23.4 Å². The Hall–Kier alpha value is -2.03. The SMILES string of the molecule is Clc1ccc(-c2cnc(/C=C/c3ccccc3)[nH]2)c(Cl)c1. The number of aromatic amines is 1. The molecule has 0 fully saturated rings. The average Bonchev–Trinajstić information content (AvgIpc) is 2.95. The van der Waals surface area contributed by atoms with E-state index in [9.17, 15) is 0 Å². The molecule has 0 aliphatic heterocycles. The van der Waals surface area contributed by atoms with E-state index in [1.165, 1.54) is 0 Å². The van der Waals surface area contributed by atoms with Crippen molar-refractivity contribution in [3.8, 4) is 11.3 Å². The van der Waals surface area contributed by atoms with Crippen LogP contribution in [-0.4, -0.2) is 9.97 Å². The Kier molecular flexibility index (Phi) is 4.09. The number of imidazole rings is 1. The highest BCUT2D eigenvalue weighted by molar-refractivity contribution is 6.36. The maximum Gasteiger partial charge on any atom is 0.130 e. The lowest BCUT2D eigenvalue weighted by atomic mass is 10.2. The van der Waals surface area contributed by atoms with Crippen LogP contribution < -0.4 is 0 Å². The molecule has 0 aliphatic rings. The Balaban J connectivity index is 1.85. The summed E-state index contributed by atoms with van der Waals surface area (Å²) in [6.07, 6.45) is 5.70. The van der Waals surface area contributed by atoms with Crippen LogP contribution in [0.5, 0.6) is 0 Å². The van der Waals surface area contributed by atoms with Crippen molar-refractivity contribution in [1.82, 2.24) is 9.97 Å². The summed E-state index contributed by atoms with van der Waals surface area (Å²) < 4.78 is 0. The van der Waals surface area contributed by atoms with Gasteiger partial charge in [-0.15, -0.1) is 0 Å². The average molecular weight is 315 g/mol. The summed E-state index contributed by atoms with van der Waals surface area (Å²) in [5, 5.41) is 1.22. The van der Waals surface area contributed by atoms with Gasteiger partial charge in [0.1, 0.15) is 5.82 Å². The molecule has 1 heterocycles. The first-order valence-electron chi connectivity index (χ1n) is 6.46. The number of aromatic nitrogens is 2. The Morgan fingerprint density at radius 2 is 1.76 bits per heavy atom. The highest BCUT2D eigenvalue weighted by atomic mass is 35.5. The van der Waals surface area contributed by atoms with E-state index < -0.39 is 0 Å². The Labute approximate surface area is 133 Å². The third-order valence-electron chi connectivity index (χ3n) is 3.05. The molecule has 4 heteroatoms. The molecule has 1 aromatic heterocycles. The van der Waals surface area contributed by atoms with Crippen LogP contribution in [0, 0.1) is 0 Å². The first-order valence-corrected chi connectivity index (χ1v) is 7.21. The molecule has 2 aromatic carbocycles. The summed E-state index contributed by atoms with van der Waals surface area (Å²) in [4.78, 5) is 7.57. The van der Waals surface area contributed by atoms with Gasteiger partial charge >= 0.3 is 0 Å². The minimum Gasteiger partial charge on any atom is -0.338 e. The second-order valence-electron chi connectivity index (χ2n) is 4.55. The molecule has 104 valence electrons. The summed E-state index contributed by atoms with van der Waals surface area (Å²) in [6.45, 7) is 0. The zero-order chi connectivity index (χ0) is 14.7. The molecule has 0 amide bonds. The molecule has 0 aliphatic carbocycles. The largest absolute Gasteiger partial charge is 0.338 e. The molecule has 0 unspecified atom stereocenters. The van der Waals surface area contributed by atoms with Gasteiger partial charge in [0.15, 0.2) is 0 Å². The molecular weight excluding hydrogens is 303 g/mol. The number of nitrogens with zero attached hydrogens (tertiary/aromatic N) is 1. The van der Waals surface area contributed by atoms with Gasteiger partial charge in [-0.3, -0.25) is 0 Å². The summed E-state index contributed by atoms with van der Waals surface area (Å²) in [7, 11) is 0.